The summed E-state index contributed by atoms with van der Waals surface area (Å²) in [7, 11) is 4.47. The lowest BCUT2D eigenvalue weighted by molar-refractivity contribution is -0.115. The van der Waals surface area contributed by atoms with E-state index in [2.05, 4.69) is 22.0 Å². The van der Waals surface area contributed by atoms with E-state index in [1.165, 1.54) is 34.3 Å². The van der Waals surface area contributed by atoms with Crippen molar-refractivity contribution in [1.82, 2.24) is 0 Å². The molecule has 1 aromatic rings. The second-order valence-electron chi connectivity index (χ2n) is 5.19. The molecule has 0 radical (unpaired) electrons. The number of carbonyl (C=O) groups excluding carboxylic acids is 2. The number of ketones is 2. The number of Topliss-reactive ketones (excluding diaryl/α,β-unsaturated/α-hetero) is 1. The molecule has 8 heteroatoms. The molecule has 136 valence electrons. The van der Waals surface area contributed by atoms with Gasteiger partial charge in [0.2, 0.25) is 17.3 Å². The maximum Gasteiger partial charge on any atom is 0.207 e. The van der Waals surface area contributed by atoms with Crippen molar-refractivity contribution in [2.24, 2.45) is 9.98 Å². The van der Waals surface area contributed by atoms with Gasteiger partial charge in [-0.05, 0) is 13.6 Å². The SMILES string of the molecule is C=NC=NC1=C(C)C(=O)C(Nc2cc(OC)c(OC)c(OC)c2)=CC1=O. The second kappa shape index (κ2) is 8.11. The average molecular weight is 357 g/mol. The number of hydrogen-bond donors (Lipinski definition) is 1. The third kappa shape index (κ3) is 3.64. The van der Waals surface area contributed by atoms with E-state index in [-0.39, 0.29) is 22.8 Å². The minimum absolute atomic E-state index is 0.0397. The molecular formula is C18H19N3O5. The fourth-order valence-electron chi connectivity index (χ4n) is 2.42. The largest absolute Gasteiger partial charge is 0.493 e. The molecule has 26 heavy (non-hydrogen) atoms. The quantitative estimate of drug-likeness (QED) is 0.456. The molecule has 1 aliphatic carbocycles. The van der Waals surface area contributed by atoms with Gasteiger partial charge >= 0.3 is 0 Å². The number of carbonyl (C=O) groups is 2. The van der Waals surface area contributed by atoms with E-state index in [1.807, 2.05) is 0 Å². The highest BCUT2D eigenvalue weighted by atomic mass is 16.5. The number of nitrogens with one attached hydrogen (secondary N) is 1. The molecule has 0 fully saturated rings. The van der Waals surface area contributed by atoms with Gasteiger partial charge in [-0.15, -0.1) is 0 Å². The van der Waals surface area contributed by atoms with E-state index in [1.54, 1.807) is 12.1 Å². The first-order chi connectivity index (χ1) is 12.5. The van der Waals surface area contributed by atoms with Gasteiger partial charge in [0.15, 0.2) is 11.5 Å². The molecule has 0 saturated carbocycles. The molecule has 1 N–H and O–H groups in total. The monoisotopic (exact) mass is 357 g/mol. The third-order valence-electron chi connectivity index (χ3n) is 3.66. The zero-order chi connectivity index (χ0) is 19.3. The molecule has 0 heterocycles. The fraction of sp³-hybridized carbons (Fsp3) is 0.222. The van der Waals surface area contributed by atoms with Crippen LogP contribution in [0.4, 0.5) is 5.69 Å². The van der Waals surface area contributed by atoms with Crippen molar-refractivity contribution in [3.63, 3.8) is 0 Å². The number of methoxy groups -OCH3 is 3. The number of nitrogens with zero attached hydrogens (tertiary/aromatic N) is 2. The van der Waals surface area contributed by atoms with Gasteiger partial charge in [0.05, 0.1) is 27.0 Å². The molecule has 0 spiro atoms. The highest BCUT2D eigenvalue weighted by Gasteiger charge is 2.26. The summed E-state index contributed by atoms with van der Waals surface area (Å²) < 4.78 is 15.8. The number of aliphatic imine (C=N–C) groups is 2. The van der Waals surface area contributed by atoms with Gasteiger partial charge in [-0.1, -0.05) is 0 Å². The molecular weight excluding hydrogens is 338 g/mol. The van der Waals surface area contributed by atoms with Crippen LogP contribution in [0.25, 0.3) is 0 Å². The summed E-state index contributed by atoms with van der Waals surface area (Å²) in [6, 6.07) is 3.27. The Morgan fingerprint density at radius 3 is 2.19 bits per heavy atom. The highest BCUT2D eigenvalue weighted by molar-refractivity contribution is 6.23. The van der Waals surface area contributed by atoms with Crippen molar-refractivity contribution < 1.29 is 23.8 Å². The summed E-state index contributed by atoms with van der Waals surface area (Å²) in [5.41, 5.74) is 0.872. The standard InChI is InChI=1S/C18H19N3O5/c1-10-16(20-9-19-2)13(22)8-12(17(10)23)21-11-6-14(24-3)18(26-5)15(7-11)25-4/h6-9,21H,2H2,1,3-5H3. The van der Waals surface area contributed by atoms with Gasteiger partial charge < -0.3 is 19.5 Å². The molecule has 0 aliphatic heterocycles. The van der Waals surface area contributed by atoms with Crippen LogP contribution in [0, 0.1) is 0 Å². The minimum atomic E-state index is -0.406. The Labute approximate surface area is 150 Å². The molecule has 2 rings (SSSR count). The normalized spacial score (nSPS) is 14.4. The van der Waals surface area contributed by atoms with Crippen LogP contribution in [0.15, 0.2) is 45.2 Å². The summed E-state index contributed by atoms with van der Waals surface area (Å²) in [5, 5.41) is 2.92. The zero-order valence-corrected chi connectivity index (χ0v) is 15.0. The summed E-state index contributed by atoms with van der Waals surface area (Å²) in [5.74, 6) is 0.495. The van der Waals surface area contributed by atoms with Crippen molar-refractivity contribution in [3.8, 4) is 17.2 Å². The molecule has 0 amide bonds. The minimum Gasteiger partial charge on any atom is -0.493 e. The number of benzene rings is 1. The summed E-state index contributed by atoms with van der Waals surface area (Å²) in [6.45, 7) is 4.78. The van der Waals surface area contributed by atoms with E-state index in [0.29, 0.717) is 22.9 Å². The highest BCUT2D eigenvalue weighted by Crippen LogP contribution is 2.40. The van der Waals surface area contributed by atoms with Crippen LogP contribution in [0.5, 0.6) is 17.2 Å². The summed E-state index contributed by atoms with van der Waals surface area (Å²) >= 11 is 0. The van der Waals surface area contributed by atoms with E-state index in [9.17, 15) is 9.59 Å². The average Bonchev–Trinajstić information content (AvgIpc) is 2.64. The molecule has 0 bridgehead atoms. The summed E-state index contributed by atoms with van der Waals surface area (Å²) in [4.78, 5) is 32.1. The van der Waals surface area contributed by atoms with E-state index >= 15 is 0 Å². The first kappa shape index (κ1) is 18.9. The topological polar surface area (TPSA) is 98.6 Å². The Kier molecular flexibility index (Phi) is 5.90. The Bertz CT molecular complexity index is 827. The Hall–Kier alpha value is -3.42. The lowest BCUT2D eigenvalue weighted by Gasteiger charge is -2.18. The number of anilines is 1. The van der Waals surface area contributed by atoms with Gasteiger partial charge in [-0.3, -0.25) is 14.6 Å². The molecule has 0 unspecified atom stereocenters. The van der Waals surface area contributed by atoms with Crippen LogP contribution in [0.2, 0.25) is 0 Å². The lowest BCUT2D eigenvalue weighted by Crippen LogP contribution is -2.21. The number of ether oxygens (including phenoxy) is 3. The predicted octanol–water partition coefficient (Wildman–Crippen LogP) is 2.16. The van der Waals surface area contributed by atoms with Crippen LogP contribution in [0.3, 0.4) is 0 Å². The van der Waals surface area contributed by atoms with Crippen molar-refractivity contribution in [2.75, 3.05) is 26.6 Å². The van der Waals surface area contributed by atoms with Crippen LogP contribution in [0.1, 0.15) is 6.92 Å². The second-order valence-corrected chi connectivity index (χ2v) is 5.19. The van der Waals surface area contributed by atoms with Gasteiger partial charge in [0, 0.05) is 29.5 Å². The molecule has 1 aliphatic rings. The number of rotatable bonds is 7. The molecule has 8 nitrogen and oxygen atoms in total. The van der Waals surface area contributed by atoms with Crippen molar-refractivity contribution in [2.45, 2.75) is 6.92 Å². The van der Waals surface area contributed by atoms with Crippen LogP contribution in [-0.2, 0) is 9.59 Å². The molecule has 0 aromatic heterocycles. The Balaban J connectivity index is 2.38. The molecule has 0 saturated heterocycles. The Morgan fingerprint density at radius 2 is 1.69 bits per heavy atom. The third-order valence-corrected chi connectivity index (χ3v) is 3.66. The van der Waals surface area contributed by atoms with Gasteiger partial charge in [-0.25, -0.2) is 4.99 Å². The van der Waals surface area contributed by atoms with E-state index in [4.69, 9.17) is 14.2 Å². The van der Waals surface area contributed by atoms with Gasteiger partial charge in [0.25, 0.3) is 0 Å². The predicted molar refractivity (Wildman–Crippen MR) is 98.6 cm³/mol. The van der Waals surface area contributed by atoms with Gasteiger partial charge in [-0.2, -0.15) is 0 Å². The van der Waals surface area contributed by atoms with Crippen molar-refractivity contribution >= 4 is 30.3 Å². The van der Waals surface area contributed by atoms with Crippen LogP contribution in [-0.4, -0.2) is 46.0 Å². The van der Waals surface area contributed by atoms with Crippen LogP contribution >= 0.6 is 0 Å². The van der Waals surface area contributed by atoms with E-state index < -0.39 is 5.78 Å². The number of hydrogen-bond acceptors (Lipinski definition) is 7. The summed E-state index contributed by atoms with van der Waals surface area (Å²) in [6.07, 6.45) is 2.31. The van der Waals surface area contributed by atoms with Gasteiger partial charge in [0.1, 0.15) is 12.0 Å². The number of allylic oxidation sites excluding steroid dienone is 2. The Morgan fingerprint density at radius 1 is 1.08 bits per heavy atom. The van der Waals surface area contributed by atoms with E-state index in [0.717, 1.165) is 6.34 Å². The van der Waals surface area contributed by atoms with Crippen LogP contribution < -0.4 is 19.5 Å². The lowest BCUT2D eigenvalue weighted by atomic mass is 9.98. The maximum absolute atomic E-state index is 12.5. The maximum atomic E-state index is 12.5. The smallest absolute Gasteiger partial charge is 0.207 e. The molecule has 1 aromatic carbocycles. The van der Waals surface area contributed by atoms with Crippen molar-refractivity contribution in [3.05, 3.63) is 35.2 Å². The fourth-order valence-corrected chi connectivity index (χ4v) is 2.42. The van der Waals surface area contributed by atoms with Crippen molar-refractivity contribution in [1.29, 1.82) is 0 Å². The first-order valence-corrected chi connectivity index (χ1v) is 7.53. The zero-order valence-electron chi connectivity index (χ0n) is 15.0. The first-order valence-electron chi connectivity index (χ1n) is 7.53. The molecule has 0 atom stereocenters.